The van der Waals surface area contributed by atoms with E-state index in [2.05, 4.69) is 36.4 Å². The molecule has 0 amide bonds. The van der Waals surface area contributed by atoms with Gasteiger partial charge in [-0.15, -0.1) is 0 Å². The van der Waals surface area contributed by atoms with Crippen molar-refractivity contribution in [3.8, 4) is 0 Å². The van der Waals surface area contributed by atoms with E-state index in [-0.39, 0.29) is 23.1 Å². The Hall–Kier alpha value is -1.50. The molecule has 1 heterocycles. The van der Waals surface area contributed by atoms with Crippen LogP contribution in [0.3, 0.4) is 0 Å². The molecule has 0 fully saturated rings. The highest BCUT2D eigenvalue weighted by atomic mass is 127. The van der Waals surface area contributed by atoms with E-state index in [1.807, 2.05) is 38.1 Å². The average molecular weight is 479 g/mol. The van der Waals surface area contributed by atoms with E-state index >= 15 is 0 Å². The molecule has 0 saturated carbocycles. The van der Waals surface area contributed by atoms with Crippen molar-refractivity contribution in [1.29, 1.82) is 0 Å². The summed E-state index contributed by atoms with van der Waals surface area (Å²) in [6, 6.07) is 7.99. The van der Waals surface area contributed by atoms with Crippen molar-refractivity contribution in [3.63, 3.8) is 0 Å². The van der Waals surface area contributed by atoms with Crippen molar-refractivity contribution < 1.29 is 14.3 Å². The zero-order valence-corrected chi connectivity index (χ0v) is 18.5. The lowest BCUT2D eigenvalue weighted by atomic mass is 9.66. The first kappa shape index (κ1) is 20.2. The summed E-state index contributed by atoms with van der Waals surface area (Å²) >= 11 is 2.29. The van der Waals surface area contributed by atoms with Gasteiger partial charge in [-0.1, -0.05) is 39.0 Å². The first-order valence-electron chi connectivity index (χ1n) is 9.53. The quantitative estimate of drug-likeness (QED) is 0.448. The van der Waals surface area contributed by atoms with Crippen molar-refractivity contribution in [2.75, 3.05) is 6.61 Å². The maximum Gasteiger partial charge on any atom is 0.315 e. The summed E-state index contributed by atoms with van der Waals surface area (Å²) in [5.74, 6) is -1.02. The average Bonchev–Trinajstić information content (AvgIpc) is 2.59. The fourth-order valence-corrected chi connectivity index (χ4v) is 4.94. The SMILES string of the molecule is CCOC(=O)C1C(CC)=NC2=C(C(=O)CC(C)(C)C2)[C@@H]1c1ccccc1I. The molecule has 0 bridgehead atoms. The van der Waals surface area contributed by atoms with Gasteiger partial charge in [0.1, 0.15) is 5.92 Å². The largest absolute Gasteiger partial charge is 0.465 e. The number of ketones is 1. The normalized spacial score (nSPS) is 24.3. The number of rotatable bonds is 4. The van der Waals surface area contributed by atoms with E-state index in [9.17, 15) is 9.59 Å². The zero-order chi connectivity index (χ0) is 19.8. The van der Waals surface area contributed by atoms with Gasteiger partial charge in [0.15, 0.2) is 5.78 Å². The molecule has 0 radical (unpaired) electrons. The summed E-state index contributed by atoms with van der Waals surface area (Å²) in [4.78, 5) is 30.9. The summed E-state index contributed by atoms with van der Waals surface area (Å²) in [7, 11) is 0. The summed E-state index contributed by atoms with van der Waals surface area (Å²) in [5, 5.41) is 0. The molecule has 1 aromatic carbocycles. The number of carbonyl (C=O) groups is 2. The van der Waals surface area contributed by atoms with Crippen LogP contribution in [-0.4, -0.2) is 24.1 Å². The number of halogens is 1. The summed E-state index contributed by atoms with van der Waals surface area (Å²) in [6.07, 6.45) is 1.90. The molecule has 1 aliphatic carbocycles. The lowest BCUT2D eigenvalue weighted by Gasteiger charge is -2.39. The Morgan fingerprint density at radius 1 is 1.26 bits per heavy atom. The highest BCUT2D eigenvalue weighted by Crippen LogP contribution is 2.48. The number of hydrogen-bond donors (Lipinski definition) is 0. The molecule has 0 spiro atoms. The highest BCUT2D eigenvalue weighted by molar-refractivity contribution is 14.1. The van der Waals surface area contributed by atoms with E-state index in [1.165, 1.54) is 0 Å². The van der Waals surface area contributed by atoms with Crippen molar-refractivity contribution in [2.45, 2.75) is 52.9 Å². The molecule has 1 aromatic rings. The fourth-order valence-electron chi connectivity index (χ4n) is 4.22. The summed E-state index contributed by atoms with van der Waals surface area (Å²) in [6.45, 7) is 8.35. The van der Waals surface area contributed by atoms with E-state index in [0.717, 1.165) is 27.0 Å². The van der Waals surface area contributed by atoms with E-state index in [1.54, 1.807) is 0 Å². The highest BCUT2D eigenvalue weighted by Gasteiger charge is 2.46. The summed E-state index contributed by atoms with van der Waals surface area (Å²) in [5.41, 5.74) is 3.30. The molecule has 1 aliphatic heterocycles. The molecule has 3 rings (SSSR count). The number of ether oxygens (including phenoxy) is 1. The molecule has 144 valence electrons. The van der Waals surface area contributed by atoms with Crippen LogP contribution in [0.15, 0.2) is 40.5 Å². The molecule has 5 heteroatoms. The second-order valence-electron chi connectivity index (χ2n) is 7.99. The molecule has 1 unspecified atom stereocenters. The van der Waals surface area contributed by atoms with Crippen LogP contribution in [0, 0.1) is 14.9 Å². The minimum absolute atomic E-state index is 0.108. The Kier molecular flexibility index (Phi) is 5.89. The Morgan fingerprint density at radius 2 is 1.96 bits per heavy atom. The number of carbonyl (C=O) groups excluding carboxylic acids is 2. The van der Waals surface area contributed by atoms with Crippen molar-refractivity contribution >= 4 is 40.1 Å². The standard InChI is InChI=1S/C22H26INO3/c1-5-15-20(21(26)27-6-2)18(13-9-7-8-10-14(13)23)19-16(24-15)11-22(3,4)12-17(19)25/h7-10,18,20H,5-6,11-12H2,1-4H3/t18-,20?/m0/s1. The molecule has 2 atom stereocenters. The molecule has 4 nitrogen and oxygen atoms in total. The number of nitrogens with zero attached hydrogens (tertiary/aromatic N) is 1. The molecule has 2 aliphatic rings. The minimum Gasteiger partial charge on any atom is -0.465 e. The van der Waals surface area contributed by atoms with Gasteiger partial charge in [0, 0.05) is 32.9 Å². The first-order chi connectivity index (χ1) is 12.8. The van der Waals surface area contributed by atoms with E-state index in [4.69, 9.17) is 9.73 Å². The minimum atomic E-state index is -0.533. The van der Waals surface area contributed by atoms with Gasteiger partial charge < -0.3 is 4.74 Å². The smallest absolute Gasteiger partial charge is 0.315 e. The van der Waals surface area contributed by atoms with Gasteiger partial charge >= 0.3 is 5.97 Å². The number of Topliss-reactive ketones (excluding diaryl/α,β-unsaturated/α-hetero) is 1. The third kappa shape index (κ3) is 3.89. The van der Waals surface area contributed by atoms with Crippen molar-refractivity contribution in [3.05, 3.63) is 44.7 Å². The van der Waals surface area contributed by atoms with Crippen LogP contribution in [0.1, 0.15) is 58.4 Å². The maximum absolute atomic E-state index is 13.2. The van der Waals surface area contributed by atoms with Crippen LogP contribution < -0.4 is 0 Å². The topological polar surface area (TPSA) is 55.7 Å². The Bertz CT molecular complexity index is 838. The van der Waals surface area contributed by atoms with Gasteiger partial charge in [-0.25, -0.2) is 0 Å². The molecule has 0 saturated heterocycles. The second kappa shape index (κ2) is 7.86. The lowest BCUT2D eigenvalue weighted by Crippen LogP contribution is -2.40. The van der Waals surface area contributed by atoms with E-state index < -0.39 is 5.92 Å². The van der Waals surface area contributed by atoms with Gasteiger partial charge in [0.05, 0.1) is 6.61 Å². The molecular formula is C22H26INO3. The predicted octanol–water partition coefficient (Wildman–Crippen LogP) is 5.06. The zero-order valence-electron chi connectivity index (χ0n) is 16.3. The molecule has 27 heavy (non-hydrogen) atoms. The third-order valence-electron chi connectivity index (χ3n) is 5.32. The molecule has 0 aromatic heterocycles. The van der Waals surface area contributed by atoms with Crippen LogP contribution in [0.5, 0.6) is 0 Å². The monoisotopic (exact) mass is 479 g/mol. The molecular weight excluding hydrogens is 453 g/mol. The van der Waals surface area contributed by atoms with Crippen LogP contribution in [-0.2, 0) is 14.3 Å². The van der Waals surface area contributed by atoms with Crippen LogP contribution in [0.2, 0.25) is 0 Å². The maximum atomic E-state index is 13.2. The second-order valence-corrected chi connectivity index (χ2v) is 9.15. The lowest BCUT2D eigenvalue weighted by molar-refractivity contribution is -0.146. The Morgan fingerprint density at radius 3 is 2.59 bits per heavy atom. The predicted molar refractivity (Wildman–Crippen MR) is 115 cm³/mol. The van der Waals surface area contributed by atoms with Gasteiger partial charge in [0.25, 0.3) is 0 Å². The van der Waals surface area contributed by atoms with Crippen LogP contribution in [0.25, 0.3) is 0 Å². The fraction of sp³-hybridized carbons (Fsp3) is 0.500. The Balaban J connectivity index is 2.23. The number of allylic oxidation sites excluding steroid dienone is 2. The van der Waals surface area contributed by atoms with Crippen molar-refractivity contribution in [2.24, 2.45) is 16.3 Å². The van der Waals surface area contributed by atoms with Gasteiger partial charge in [-0.2, -0.15) is 0 Å². The van der Waals surface area contributed by atoms with Gasteiger partial charge in [-0.05, 0) is 59.4 Å². The number of benzene rings is 1. The van der Waals surface area contributed by atoms with Gasteiger partial charge in [-0.3, -0.25) is 14.6 Å². The van der Waals surface area contributed by atoms with Crippen LogP contribution >= 0.6 is 22.6 Å². The van der Waals surface area contributed by atoms with Crippen molar-refractivity contribution in [1.82, 2.24) is 0 Å². The number of aliphatic imine (C=N–C) groups is 1. The number of hydrogen-bond acceptors (Lipinski definition) is 4. The molecule has 0 N–H and O–H groups in total. The first-order valence-corrected chi connectivity index (χ1v) is 10.6. The van der Waals surface area contributed by atoms with Gasteiger partial charge in [0.2, 0.25) is 0 Å². The Labute approximate surface area is 174 Å². The van der Waals surface area contributed by atoms with Crippen LogP contribution in [0.4, 0.5) is 0 Å². The number of esters is 1. The van der Waals surface area contributed by atoms with E-state index in [0.29, 0.717) is 25.0 Å². The third-order valence-corrected chi connectivity index (χ3v) is 6.30. The summed E-state index contributed by atoms with van der Waals surface area (Å²) < 4.78 is 6.46.